The number of benzene rings is 1. The Morgan fingerprint density at radius 2 is 2.20 bits per heavy atom. The summed E-state index contributed by atoms with van der Waals surface area (Å²) in [6.07, 6.45) is 4.55. The van der Waals surface area contributed by atoms with Crippen LogP contribution in [-0.2, 0) is 10.3 Å². The zero-order valence-corrected chi connectivity index (χ0v) is 9.34. The van der Waals surface area contributed by atoms with E-state index in [4.69, 9.17) is 11.6 Å². The minimum Gasteiger partial charge on any atom is -0.211 e. The van der Waals surface area contributed by atoms with Crippen LogP contribution in [0.15, 0.2) is 23.2 Å². The summed E-state index contributed by atoms with van der Waals surface area (Å²) in [5.74, 6) is 0. The molecule has 3 heteroatoms. The van der Waals surface area contributed by atoms with Gasteiger partial charge in [-0.1, -0.05) is 29.3 Å². The van der Waals surface area contributed by atoms with E-state index in [0.717, 1.165) is 30.4 Å². The van der Waals surface area contributed by atoms with Gasteiger partial charge < -0.3 is 0 Å². The summed E-state index contributed by atoms with van der Waals surface area (Å²) in [4.78, 5) is 14.4. The zero-order chi connectivity index (χ0) is 10.9. The Balaban J connectivity index is 2.51. The van der Waals surface area contributed by atoms with Crippen LogP contribution in [0.4, 0.5) is 0 Å². The number of hydrogen-bond donors (Lipinski definition) is 0. The summed E-state index contributed by atoms with van der Waals surface area (Å²) < 4.78 is 0. The Morgan fingerprint density at radius 1 is 1.47 bits per heavy atom. The zero-order valence-electron chi connectivity index (χ0n) is 8.59. The van der Waals surface area contributed by atoms with Crippen LogP contribution in [-0.4, -0.2) is 6.08 Å². The smallest absolute Gasteiger partial charge is 0.211 e. The third kappa shape index (κ3) is 1.71. The molecule has 1 saturated carbocycles. The highest BCUT2D eigenvalue weighted by Crippen LogP contribution is 2.47. The van der Waals surface area contributed by atoms with Gasteiger partial charge in [-0.3, -0.25) is 0 Å². The minimum atomic E-state index is -0.384. The summed E-state index contributed by atoms with van der Waals surface area (Å²) in [7, 11) is 0. The topological polar surface area (TPSA) is 29.4 Å². The first-order valence-electron chi connectivity index (χ1n) is 5.04. The Morgan fingerprint density at radius 3 is 2.73 bits per heavy atom. The normalized spacial score (nSPS) is 17.7. The second-order valence-electron chi connectivity index (χ2n) is 4.07. The third-order valence-corrected chi connectivity index (χ3v) is 3.39. The third-order valence-electron chi connectivity index (χ3n) is 3.06. The van der Waals surface area contributed by atoms with Crippen molar-refractivity contribution in [2.24, 2.45) is 4.99 Å². The van der Waals surface area contributed by atoms with E-state index in [9.17, 15) is 4.79 Å². The maximum absolute atomic E-state index is 10.4. The number of nitrogens with zero attached hydrogens (tertiary/aromatic N) is 1. The molecule has 1 aromatic rings. The van der Waals surface area contributed by atoms with Crippen molar-refractivity contribution in [1.29, 1.82) is 0 Å². The molecule has 0 spiro atoms. The molecule has 0 aromatic heterocycles. The number of aryl methyl sites for hydroxylation is 1. The monoisotopic (exact) mass is 221 g/mol. The molecule has 0 bridgehead atoms. The lowest BCUT2D eigenvalue weighted by molar-refractivity contribution is 0.256. The highest BCUT2D eigenvalue weighted by Gasteiger charge is 2.40. The van der Waals surface area contributed by atoms with E-state index in [1.165, 1.54) is 0 Å². The van der Waals surface area contributed by atoms with E-state index < -0.39 is 0 Å². The molecule has 0 radical (unpaired) electrons. The van der Waals surface area contributed by atoms with Crippen molar-refractivity contribution in [2.45, 2.75) is 31.7 Å². The van der Waals surface area contributed by atoms with E-state index in [-0.39, 0.29) is 5.54 Å². The Labute approximate surface area is 94.0 Å². The molecule has 0 heterocycles. The largest absolute Gasteiger partial charge is 0.235 e. The fourth-order valence-electron chi connectivity index (χ4n) is 2.04. The maximum Gasteiger partial charge on any atom is 0.235 e. The van der Waals surface area contributed by atoms with Gasteiger partial charge in [-0.15, -0.1) is 0 Å². The molecule has 0 N–H and O–H groups in total. The first kappa shape index (κ1) is 10.4. The molecule has 1 aromatic carbocycles. The number of hydrogen-bond acceptors (Lipinski definition) is 2. The van der Waals surface area contributed by atoms with Gasteiger partial charge in [0, 0.05) is 5.02 Å². The highest BCUT2D eigenvalue weighted by molar-refractivity contribution is 6.31. The fraction of sp³-hybridized carbons (Fsp3) is 0.417. The Hall–Kier alpha value is -1.11. The van der Waals surface area contributed by atoms with Crippen LogP contribution in [0.5, 0.6) is 0 Å². The van der Waals surface area contributed by atoms with Crippen molar-refractivity contribution in [2.75, 3.05) is 0 Å². The fourth-order valence-corrected chi connectivity index (χ4v) is 2.33. The molecule has 0 amide bonds. The van der Waals surface area contributed by atoms with Gasteiger partial charge in [-0.05, 0) is 37.8 Å². The second-order valence-corrected chi connectivity index (χ2v) is 4.48. The first-order valence-corrected chi connectivity index (χ1v) is 5.41. The lowest BCUT2D eigenvalue weighted by Crippen LogP contribution is -2.32. The summed E-state index contributed by atoms with van der Waals surface area (Å²) >= 11 is 6.14. The number of halogens is 1. The van der Waals surface area contributed by atoms with Crippen LogP contribution < -0.4 is 0 Å². The van der Waals surface area contributed by atoms with Gasteiger partial charge >= 0.3 is 0 Å². The van der Waals surface area contributed by atoms with Crippen LogP contribution in [0.1, 0.15) is 30.4 Å². The van der Waals surface area contributed by atoms with Crippen LogP contribution >= 0.6 is 11.6 Å². The number of carbonyl (C=O) groups excluding carboxylic acids is 1. The van der Waals surface area contributed by atoms with Gasteiger partial charge in [-0.2, -0.15) is 4.99 Å². The van der Waals surface area contributed by atoms with Crippen molar-refractivity contribution in [3.63, 3.8) is 0 Å². The van der Waals surface area contributed by atoms with E-state index in [1.54, 1.807) is 6.08 Å². The lowest BCUT2D eigenvalue weighted by Gasteiger charge is -2.37. The summed E-state index contributed by atoms with van der Waals surface area (Å²) in [6, 6.07) is 5.85. The van der Waals surface area contributed by atoms with Crippen LogP contribution in [0.2, 0.25) is 5.02 Å². The predicted molar refractivity (Wildman–Crippen MR) is 59.8 cm³/mol. The molecule has 1 aliphatic rings. The lowest BCUT2D eigenvalue weighted by atomic mass is 9.72. The number of isocyanates is 1. The molecule has 78 valence electrons. The standard InChI is InChI=1S/C12H12ClNO/c1-9-3-4-11(13)10(7-9)12(14-8-15)5-2-6-12/h3-4,7H,2,5-6H2,1H3. The summed E-state index contributed by atoms with van der Waals surface area (Å²) in [5.41, 5.74) is 1.73. The van der Waals surface area contributed by atoms with E-state index in [1.807, 2.05) is 25.1 Å². The molecule has 0 unspecified atom stereocenters. The average molecular weight is 222 g/mol. The molecule has 1 fully saturated rings. The van der Waals surface area contributed by atoms with Crippen LogP contribution in [0, 0.1) is 6.92 Å². The summed E-state index contributed by atoms with van der Waals surface area (Å²) in [5, 5.41) is 0.694. The Kier molecular flexibility index (Phi) is 2.64. The van der Waals surface area contributed by atoms with Gasteiger partial charge in [0.15, 0.2) is 0 Å². The van der Waals surface area contributed by atoms with Crippen molar-refractivity contribution in [1.82, 2.24) is 0 Å². The molecular weight excluding hydrogens is 210 g/mol. The number of aliphatic imine (C=N–C) groups is 1. The number of rotatable bonds is 2. The summed E-state index contributed by atoms with van der Waals surface area (Å²) in [6.45, 7) is 2.01. The van der Waals surface area contributed by atoms with E-state index in [0.29, 0.717) is 5.02 Å². The van der Waals surface area contributed by atoms with Gasteiger partial charge in [0.1, 0.15) is 0 Å². The van der Waals surface area contributed by atoms with Crippen LogP contribution in [0.25, 0.3) is 0 Å². The quantitative estimate of drug-likeness (QED) is 0.556. The van der Waals surface area contributed by atoms with E-state index >= 15 is 0 Å². The Bertz CT molecular complexity index is 431. The minimum absolute atomic E-state index is 0.384. The molecule has 0 aliphatic heterocycles. The van der Waals surface area contributed by atoms with Crippen molar-refractivity contribution in [3.05, 3.63) is 34.3 Å². The average Bonchev–Trinajstić information content (AvgIpc) is 2.16. The molecule has 0 atom stereocenters. The highest BCUT2D eigenvalue weighted by atomic mass is 35.5. The second kappa shape index (κ2) is 3.80. The van der Waals surface area contributed by atoms with Crippen molar-refractivity contribution in [3.8, 4) is 0 Å². The molecule has 0 saturated heterocycles. The maximum atomic E-state index is 10.4. The van der Waals surface area contributed by atoms with E-state index in [2.05, 4.69) is 4.99 Å². The molecule has 1 aliphatic carbocycles. The SMILES string of the molecule is Cc1ccc(Cl)c(C2(N=C=O)CCC2)c1. The van der Waals surface area contributed by atoms with Crippen molar-refractivity contribution >= 4 is 17.7 Å². The van der Waals surface area contributed by atoms with Crippen LogP contribution in [0.3, 0.4) is 0 Å². The molecule has 2 nitrogen and oxygen atoms in total. The predicted octanol–water partition coefficient (Wildman–Crippen LogP) is 3.36. The van der Waals surface area contributed by atoms with Gasteiger partial charge in [0.05, 0.1) is 5.54 Å². The molecule has 15 heavy (non-hydrogen) atoms. The molecule has 2 rings (SSSR count). The van der Waals surface area contributed by atoms with Gasteiger partial charge in [0.25, 0.3) is 0 Å². The molecular formula is C12H12ClNO. The van der Waals surface area contributed by atoms with Gasteiger partial charge in [-0.25, -0.2) is 4.79 Å². The van der Waals surface area contributed by atoms with Gasteiger partial charge in [0.2, 0.25) is 6.08 Å². The first-order chi connectivity index (χ1) is 7.18. The van der Waals surface area contributed by atoms with Crippen molar-refractivity contribution < 1.29 is 4.79 Å².